The van der Waals surface area contributed by atoms with Gasteiger partial charge in [0.15, 0.2) is 0 Å². The average Bonchev–Trinajstić information content (AvgIpc) is 3.16. The largest absolute Gasteiger partial charge is 0.385 e. The summed E-state index contributed by atoms with van der Waals surface area (Å²) in [6.07, 6.45) is 1.66. The van der Waals surface area contributed by atoms with E-state index in [0.29, 0.717) is 51.4 Å². The van der Waals surface area contributed by atoms with E-state index in [1.807, 2.05) is 40.6 Å². The fourth-order valence-electron chi connectivity index (χ4n) is 3.11. The molecule has 5 nitrogen and oxygen atoms in total. The van der Waals surface area contributed by atoms with E-state index in [-0.39, 0.29) is 18.4 Å². The molecular formula is C23H31ClN2O3S. The number of methoxy groups -OCH3 is 1. The molecule has 0 N–H and O–H groups in total. The first kappa shape index (κ1) is 24.4. The van der Waals surface area contributed by atoms with Gasteiger partial charge in [-0.1, -0.05) is 30.3 Å². The Hall–Kier alpha value is -1.89. The maximum absolute atomic E-state index is 13.3. The lowest BCUT2D eigenvalue weighted by atomic mass is 10.2. The summed E-state index contributed by atoms with van der Waals surface area (Å²) in [5.74, 6) is 0.346. The molecule has 2 amide bonds. The van der Waals surface area contributed by atoms with Crippen LogP contribution >= 0.6 is 22.9 Å². The number of rotatable bonds is 13. The molecule has 0 aliphatic carbocycles. The van der Waals surface area contributed by atoms with Gasteiger partial charge in [0.1, 0.15) is 0 Å². The predicted molar refractivity (Wildman–Crippen MR) is 123 cm³/mol. The normalized spacial score (nSPS) is 10.8. The van der Waals surface area contributed by atoms with Crippen LogP contribution in [0.5, 0.6) is 0 Å². The number of nitrogens with zero attached hydrogens (tertiary/aromatic N) is 2. The van der Waals surface area contributed by atoms with Crippen molar-refractivity contribution in [3.63, 3.8) is 0 Å². The van der Waals surface area contributed by atoms with Crippen LogP contribution in [-0.2, 0) is 27.4 Å². The van der Waals surface area contributed by atoms with Gasteiger partial charge >= 0.3 is 0 Å². The zero-order chi connectivity index (χ0) is 21.8. The van der Waals surface area contributed by atoms with E-state index in [1.54, 1.807) is 23.3 Å². The molecule has 30 heavy (non-hydrogen) atoms. The summed E-state index contributed by atoms with van der Waals surface area (Å²) in [7, 11) is 1.63. The first-order valence-electron chi connectivity index (χ1n) is 10.2. The van der Waals surface area contributed by atoms with Crippen LogP contribution < -0.4 is 0 Å². The van der Waals surface area contributed by atoms with Crippen LogP contribution in [0.1, 0.15) is 35.3 Å². The number of alkyl halides is 1. The Kier molecular flexibility index (Phi) is 10.9. The number of halogens is 1. The van der Waals surface area contributed by atoms with Crippen molar-refractivity contribution in [3.05, 3.63) is 57.8 Å². The molecule has 164 valence electrons. The van der Waals surface area contributed by atoms with Crippen LogP contribution in [0.3, 0.4) is 0 Å². The Bertz CT molecular complexity index is 782. The second-order valence-electron chi connectivity index (χ2n) is 7.22. The zero-order valence-electron chi connectivity index (χ0n) is 17.8. The van der Waals surface area contributed by atoms with Gasteiger partial charge in [-0.05, 0) is 42.3 Å². The van der Waals surface area contributed by atoms with E-state index in [0.717, 1.165) is 5.56 Å². The second-order valence-corrected chi connectivity index (χ2v) is 8.60. The van der Waals surface area contributed by atoms with Gasteiger partial charge in [0, 0.05) is 44.0 Å². The van der Waals surface area contributed by atoms with Gasteiger partial charge in [0.05, 0.1) is 13.1 Å². The van der Waals surface area contributed by atoms with Gasteiger partial charge < -0.3 is 14.5 Å². The topological polar surface area (TPSA) is 49.9 Å². The van der Waals surface area contributed by atoms with Gasteiger partial charge in [-0.2, -0.15) is 0 Å². The summed E-state index contributed by atoms with van der Waals surface area (Å²) in [4.78, 5) is 30.6. The monoisotopic (exact) mass is 450 g/mol. The van der Waals surface area contributed by atoms with Gasteiger partial charge in [0.2, 0.25) is 11.8 Å². The number of hydrogen-bond acceptors (Lipinski definition) is 4. The van der Waals surface area contributed by atoms with Crippen molar-refractivity contribution in [2.45, 2.75) is 39.3 Å². The summed E-state index contributed by atoms with van der Waals surface area (Å²) >= 11 is 7.41. The molecule has 0 saturated heterocycles. The summed E-state index contributed by atoms with van der Waals surface area (Å²) in [6.45, 7) is 4.23. The van der Waals surface area contributed by atoms with Crippen LogP contribution in [0.4, 0.5) is 0 Å². The number of hydrogen-bond donors (Lipinski definition) is 0. The standard InChI is InChI=1S/C23H31ClN2O3S/c1-19-11-15-30-21(19)17-26(16-20-8-4-3-5-9-20)23(28)18-25(13-7-14-29-2)22(27)10-6-12-24/h3-5,8-9,11,15H,6-7,10,12-14,16-18H2,1-2H3. The van der Waals surface area contributed by atoms with E-state index in [9.17, 15) is 9.59 Å². The lowest BCUT2D eigenvalue weighted by molar-refractivity contribution is -0.141. The SMILES string of the molecule is COCCCN(CC(=O)N(Cc1ccccc1)Cc1sccc1C)C(=O)CCCCl. The summed E-state index contributed by atoms with van der Waals surface area (Å²) < 4.78 is 5.11. The van der Waals surface area contributed by atoms with Gasteiger partial charge in [-0.25, -0.2) is 0 Å². The highest BCUT2D eigenvalue weighted by molar-refractivity contribution is 7.10. The molecule has 0 bridgehead atoms. The molecule has 0 unspecified atom stereocenters. The smallest absolute Gasteiger partial charge is 0.242 e. The Morgan fingerprint density at radius 3 is 2.43 bits per heavy atom. The lowest BCUT2D eigenvalue weighted by Gasteiger charge is -2.28. The van der Waals surface area contributed by atoms with E-state index >= 15 is 0 Å². The zero-order valence-corrected chi connectivity index (χ0v) is 19.4. The quantitative estimate of drug-likeness (QED) is 0.334. The Morgan fingerprint density at radius 2 is 1.80 bits per heavy atom. The highest BCUT2D eigenvalue weighted by Crippen LogP contribution is 2.20. The third-order valence-corrected chi connectivity index (χ3v) is 6.13. The fourth-order valence-corrected chi connectivity index (χ4v) is 4.16. The number of carbonyl (C=O) groups excluding carboxylic acids is 2. The van der Waals surface area contributed by atoms with Crippen LogP contribution in [0.25, 0.3) is 0 Å². The first-order valence-corrected chi connectivity index (χ1v) is 11.6. The molecule has 1 heterocycles. The van der Waals surface area contributed by atoms with E-state index in [4.69, 9.17) is 16.3 Å². The Labute approximate surface area is 188 Å². The van der Waals surface area contributed by atoms with Crippen LogP contribution in [0.15, 0.2) is 41.8 Å². The third-order valence-electron chi connectivity index (χ3n) is 4.85. The summed E-state index contributed by atoms with van der Waals surface area (Å²) in [5, 5.41) is 2.04. The van der Waals surface area contributed by atoms with Crippen molar-refractivity contribution in [3.8, 4) is 0 Å². The fraction of sp³-hybridized carbons (Fsp3) is 0.478. The molecule has 7 heteroatoms. The van der Waals surface area contributed by atoms with Crippen LogP contribution in [0.2, 0.25) is 0 Å². The molecule has 2 rings (SSSR count). The minimum absolute atomic E-state index is 0.0351. The molecule has 0 fully saturated rings. The Balaban J connectivity index is 2.13. The number of carbonyl (C=O) groups is 2. The van der Waals surface area contributed by atoms with Crippen molar-refractivity contribution < 1.29 is 14.3 Å². The number of aryl methyl sites for hydroxylation is 1. The van der Waals surface area contributed by atoms with Crippen molar-refractivity contribution >= 4 is 34.8 Å². The molecule has 0 saturated carbocycles. The number of amides is 2. The molecule has 1 aromatic carbocycles. The maximum atomic E-state index is 13.3. The summed E-state index contributed by atoms with van der Waals surface area (Å²) in [5.41, 5.74) is 2.25. The molecule has 0 atom stereocenters. The van der Waals surface area contributed by atoms with Gasteiger partial charge in [0.25, 0.3) is 0 Å². The predicted octanol–water partition coefficient (Wildman–Crippen LogP) is 4.47. The molecule has 0 spiro atoms. The van der Waals surface area contributed by atoms with Gasteiger partial charge in [-0.15, -0.1) is 22.9 Å². The van der Waals surface area contributed by atoms with E-state index in [1.165, 1.54) is 10.4 Å². The van der Waals surface area contributed by atoms with Crippen LogP contribution in [-0.4, -0.2) is 54.3 Å². The molecule has 0 radical (unpaired) electrons. The van der Waals surface area contributed by atoms with Crippen molar-refractivity contribution in [1.82, 2.24) is 9.80 Å². The summed E-state index contributed by atoms with van der Waals surface area (Å²) in [6, 6.07) is 12.0. The molecule has 1 aromatic heterocycles. The van der Waals surface area contributed by atoms with Crippen molar-refractivity contribution in [2.24, 2.45) is 0 Å². The number of benzene rings is 1. The maximum Gasteiger partial charge on any atom is 0.242 e. The highest BCUT2D eigenvalue weighted by atomic mass is 35.5. The Morgan fingerprint density at radius 1 is 1.03 bits per heavy atom. The van der Waals surface area contributed by atoms with Crippen LogP contribution in [0, 0.1) is 6.92 Å². The molecule has 0 aliphatic rings. The molecule has 2 aromatic rings. The van der Waals surface area contributed by atoms with E-state index < -0.39 is 0 Å². The third kappa shape index (κ3) is 8.09. The van der Waals surface area contributed by atoms with E-state index in [2.05, 4.69) is 13.0 Å². The average molecular weight is 451 g/mol. The van der Waals surface area contributed by atoms with Crippen molar-refractivity contribution in [1.29, 1.82) is 0 Å². The van der Waals surface area contributed by atoms with Gasteiger partial charge in [-0.3, -0.25) is 9.59 Å². The minimum Gasteiger partial charge on any atom is -0.385 e. The second kappa shape index (κ2) is 13.4. The molecular weight excluding hydrogens is 420 g/mol. The number of thiophene rings is 1. The molecule has 0 aliphatic heterocycles. The number of ether oxygens (including phenoxy) is 1. The highest BCUT2D eigenvalue weighted by Gasteiger charge is 2.22. The lowest BCUT2D eigenvalue weighted by Crippen LogP contribution is -2.43. The minimum atomic E-state index is -0.0525. The van der Waals surface area contributed by atoms with Crippen molar-refractivity contribution in [2.75, 3.05) is 32.7 Å². The first-order chi connectivity index (χ1) is 14.5.